The van der Waals surface area contributed by atoms with Crippen LogP contribution in [0.25, 0.3) is 0 Å². The molecule has 1 saturated carbocycles. The van der Waals surface area contributed by atoms with E-state index in [1.165, 1.54) is 24.3 Å². The number of carbonyl (C=O) groups is 1. The molecule has 0 amide bonds. The molecule has 132 valence electrons. The monoisotopic (exact) mass is 443 g/mol. The number of sulfone groups is 1. The van der Waals surface area contributed by atoms with E-state index in [2.05, 4.69) is 15.9 Å². The summed E-state index contributed by atoms with van der Waals surface area (Å²) in [6.45, 7) is -0.263. The molecule has 2 aromatic carbocycles. The SMILES string of the molecule is NC[C@]1(C(=O)O)[C@H](c2ccc(Br)cc2)[C@H]1S(=O)(=O)c1ccc(Cl)cc1. The minimum atomic E-state index is -3.89. The molecule has 8 heteroatoms. The number of benzene rings is 2. The highest BCUT2D eigenvalue weighted by molar-refractivity contribution is 9.10. The molecule has 0 bridgehead atoms. The van der Waals surface area contributed by atoms with Crippen LogP contribution in [0.3, 0.4) is 0 Å². The maximum absolute atomic E-state index is 13.1. The molecular weight excluding hydrogens is 430 g/mol. The third-order valence-corrected chi connectivity index (χ3v) is 7.77. The molecule has 1 fully saturated rings. The van der Waals surface area contributed by atoms with Crippen LogP contribution >= 0.6 is 27.5 Å². The molecule has 0 unspecified atom stereocenters. The third-order valence-electron chi connectivity index (χ3n) is 4.70. The van der Waals surface area contributed by atoms with Gasteiger partial charge < -0.3 is 10.8 Å². The summed E-state index contributed by atoms with van der Waals surface area (Å²) in [5.41, 5.74) is 4.84. The van der Waals surface area contributed by atoms with Crippen molar-refractivity contribution in [3.8, 4) is 0 Å². The number of aliphatic carboxylic acids is 1. The van der Waals surface area contributed by atoms with E-state index >= 15 is 0 Å². The molecule has 0 saturated heterocycles. The fourth-order valence-electron chi connectivity index (χ4n) is 3.36. The molecule has 3 rings (SSSR count). The molecule has 3 atom stereocenters. The lowest BCUT2D eigenvalue weighted by Gasteiger charge is -2.10. The lowest BCUT2D eigenvalue weighted by molar-refractivity contribution is -0.143. The first kappa shape index (κ1) is 18.4. The maximum atomic E-state index is 13.1. The van der Waals surface area contributed by atoms with Crippen molar-refractivity contribution in [3.63, 3.8) is 0 Å². The molecule has 2 aromatic rings. The molecule has 5 nitrogen and oxygen atoms in total. The van der Waals surface area contributed by atoms with E-state index in [0.29, 0.717) is 10.6 Å². The van der Waals surface area contributed by atoms with Crippen LogP contribution in [0.15, 0.2) is 57.9 Å². The lowest BCUT2D eigenvalue weighted by atomic mass is 9.99. The second-order valence-corrected chi connectivity index (χ2v) is 9.42. The van der Waals surface area contributed by atoms with Gasteiger partial charge in [0, 0.05) is 22.0 Å². The predicted octanol–water partition coefficient (Wildman–Crippen LogP) is 3.07. The minimum Gasteiger partial charge on any atom is -0.481 e. The van der Waals surface area contributed by atoms with E-state index in [4.69, 9.17) is 17.3 Å². The van der Waals surface area contributed by atoms with Crippen molar-refractivity contribution in [2.45, 2.75) is 16.1 Å². The quantitative estimate of drug-likeness (QED) is 0.738. The van der Waals surface area contributed by atoms with Crippen LogP contribution < -0.4 is 5.73 Å². The molecular formula is C17H15BrClNO4S. The van der Waals surface area contributed by atoms with Gasteiger partial charge in [-0.25, -0.2) is 8.42 Å². The summed E-state index contributed by atoms with van der Waals surface area (Å²) in [6.07, 6.45) is 0. The Morgan fingerprint density at radius 2 is 1.72 bits per heavy atom. The number of nitrogens with two attached hydrogens (primary N) is 1. The highest BCUT2D eigenvalue weighted by Gasteiger charge is 2.75. The second-order valence-electron chi connectivity index (χ2n) is 6.00. The van der Waals surface area contributed by atoms with Crippen molar-refractivity contribution in [1.29, 1.82) is 0 Å². The topological polar surface area (TPSA) is 97.5 Å². The lowest BCUT2D eigenvalue weighted by Crippen LogP contribution is -2.31. The van der Waals surface area contributed by atoms with Crippen LogP contribution in [-0.2, 0) is 14.6 Å². The Hall–Kier alpha value is -1.41. The Bertz CT molecular complexity index is 915. The molecule has 25 heavy (non-hydrogen) atoms. The van der Waals surface area contributed by atoms with E-state index in [-0.39, 0.29) is 11.4 Å². The van der Waals surface area contributed by atoms with Crippen LogP contribution in [-0.4, -0.2) is 31.3 Å². The van der Waals surface area contributed by atoms with Crippen molar-refractivity contribution in [1.82, 2.24) is 0 Å². The summed E-state index contributed by atoms with van der Waals surface area (Å²) in [6, 6.07) is 12.7. The van der Waals surface area contributed by atoms with Crippen molar-refractivity contribution in [3.05, 3.63) is 63.6 Å². The smallest absolute Gasteiger partial charge is 0.312 e. The van der Waals surface area contributed by atoms with Gasteiger partial charge in [0.1, 0.15) is 5.41 Å². The van der Waals surface area contributed by atoms with Gasteiger partial charge in [0.25, 0.3) is 0 Å². The first-order valence-corrected chi connectivity index (χ1v) is 10.2. The molecule has 0 spiro atoms. The number of hydrogen-bond acceptors (Lipinski definition) is 4. The summed E-state index contributed by atoms with van der Waals surface area (Å²) < 4.78 is 27.0. The van der Waals surface area contributed by atoms with Gasteiger partial charge in [0.15, 0.2) is 9.84 Å². The Morgan fingerprint density at radius 3 is 2.20 bits per heavy atom. The average molecular weight is 445 g/mol. The Kier molecular flexibility index (Phi) is 4.70. The van der Waals surface area contributed by atoms with E-state index in [1.807, 2.05) is 0 Å². The number of carboxylic acid groups (broad SMARTS) is 1. The first-order valence-electron chi connectivity index (χ1n) is 7.43. The maximum Gasteiger partial charge on any atom is 0.312 e. The first-order chi connectivity index (χ1) is 11.7. The van der Waals surface area contributed by atoms with Gasteiger partial charge in [-0.15, -0.1) is 0 Å². The van der Waals surface area contributed by atoms with Crippen LogP contribution in [0.2, 0.25) is 5.02 Å². The van der Waals surface area contributed by atoms with E-state index < -0.39 is 32.4 Å². The highest BCUT2D eigenvalue weighted by atomic mass is 79.9. The van der Waals surface area contributed by atoms with Crippen LogP contribution in [0.5, 0.6) is 0 Å². The summed E-state index contributed by atoms with van der Waals surface area (Å²) in [7, 11) is -3.89. The second kappa shape index (κ2) is 6.39. The fraction of sp³-hybridized carbons (Fsp3) is 0.235. The summed E-state index contributed by atoms with van der Waals surface area (Å²) in [4.78, 5) is 12.0. The number of rotatable bonds is 5. The number of carboxylic acids is 1. The molecule has 3 N–H and O–H groups in total. The molecule has 0 aromatic heterocycles. The van der Waals surface area contributed by atoms with Crippen LogP contribution in [0.4, 0.5) is 0 Å². The summed E-state index contributed by atoms with van der Waals surface area (Å²) >= 11 is 9.13. The number of hydrogen-bond donors (Lipinski definition) is 2. The van der Waals surface area contributed by atoms with E-state index in [9.17, 15) is 18.3 Å². The minimum absolute atomic E-state index is 0.0422. The van der Waals surface area contributed by atoms with E-state index in [1.54, 1.807) is 24.3 Å². The molecule has 1 aliphatic carbocycles. The van der Waals surface area contributed by atoms with Crippen molar-refractivity contribution < 1.29 is 18.3 Å². The largest absolute Gasteiger partial charge is 0.481 e. The predicted molar refractivity (Wildman–Crippen MR) is 98.4 cm³/mol. The molecule has 0 radical (unpaired) electrons. The van der Waals surface area contributed by atoms with Gasteiger partial charge in [0.05, 0.1) is 10.1 Å². The van der Waals surface area contributed by atoms with Crippen LogP contribution in [0.1, 0.15) is 11.5 Å². The number of halogens is 2. The van der Waals surface area contributed by atoms with Gasteiger partial charge in [0.2, 0.25) is 0 Å². The zero-order chi connectivity index (χ0) is 18.4. The van der Waals surface area contributed by atoms with Gasteiger partial charge in [-0.2, -0.15) is 0 Å². The zero-order valence-electron chi connectivity index (χ0n) is 12.9. The van der Waals surface area contributed by atoms with Crippen molar-refractivity contribution in [2.24, 2.45) is 11.1 Å². The molecule has 1 aliphatic rings. The Labute approximate surface area is 158 Å². The summed E-state index contributed by atoms with van der Waals surface area (Å²) in [5.74, 6) is -1.91. The standard InChI is InChI=1S/C17H15BrClNO4S/c18-11-3-1-10(2-4-11)14-15(17(14,9-20)16(21)22)25(23,24)13-7-5-12(19)6-8-13/h1-8,14-15H,9,20H2,(H,21,22)/t14-,15-,17+/m1/s1. The fourth-order valence-corrected chi connectivity index (χ4v) is 6.14. The van der Waals surface area contributed by atoms with Gasteiger partial charge in [-0.05, 0) is 42.0 Å². The Morgan fingerprint density at radius 1 is 1.16 bits per heavy atom. The zero-order valence-corrected chi connectivity index (χ0v) is 16.1. The van der Waals surface area contributed by atoms with Crippen LogP contribution in [0, 0.1) is 5.41 Å². The molecule has 0 aliphatic heterocycles. The average Bonchev–Trinajstić information content (AvgIpc) is 3.27. The highest BCUT2D eigenvalue weighted by Crippen LogP contribution is 2.63. The third kappa shape index (κ3) is 2.89. The normalized spacial score (nSPS) is 25.6. The van der Waals surface area contributed by atoms with Crippen molar-refractivity contribution in [2.75, 3.05) is 6.54 Å². The van der Waals surface area contributed by atoms with E-state index in [0.717, 1.165) is 4.47 Å². The van der Waals surface area contributed by atoms with Crippen molar-refractivity contribution >= 4 is 43.3 Å². The molecule has 0 heterocycles. The van der Waals surface area contributed by atoms with Gasteiger partial charge >= 0.3 is 5.97 Å². The summed E-state index contributed by atoms with van der Waals surface area (Å²) in [5, 5.41) is 9.02. The van der Waals surface area contributed by atoms with Gasteiger partial charge in [-0.3, -0.25) is 4.79 Å². The van der Waals surface area contributed by atoms with Gasteiger partial charge in [-0.1, -0.05) is 39.7 Å². The Balaban J connectivity index is 2.10.